The molecule has 0 bridgehead atoms. The molecule has 0 saturated heterocycles. The van der Waals surface area contributed by atoms with Gasteiger partial charge in [0.25, 0.3) is 0 Å². The lowest BCUT2D eigenvalue weighted by atomic mass is 10.2. The van der Waals surface area contributed by atoms with Crippen molar-refractivity contribution in [3.8, 4) is 5.75 Å². The Morgan fingerprint density at radius 3 is 2.60 bits per heavy atom. The largest absolute Gasteiger partial charge is 1.00 e. The highest BCUT2D eigenvalue weighted by Gasteiger charge is 2.03. The van der Waals surface area contributed by atoms with Gasteiger partial charge in [0.1, 0.15) is 5.75 Å². The molecule has 1 aromatic carbocycles. The summed E-state index contributed by atoms with van der Waals surface area (Å²) in [7, 11) is 1.70. The standard InChI is InChI=1S/C11H16BrNO.ClH/c1-8(2)13-7-9-6-10(12)4-5-11(9)14-3;/h4-6,8,13H,7H2,1-3H3;1H/p-1. The molecule has 0 atom stereocenters. The molecule has 1 aromatic rings. The van der Waals surface area contributed by atoms with Crippen LogP contribution in [0.1, 0.15) is 19.4 Å². The van der Waals surface area contributed by atoms with Gasteiger partial charge in [-0.1, -0.05) is 29.8 Å². The summed E-state index contributed by atoms with van der Waals surface area (Å²) in [4.78, 5) is 0. The summed E-state index contributed by atoms with van der Waals surface area (Å²) in [5, 5.41) is 3.36. The van der Waals surface area contributed by atoms with Crippen LogP contribution in [-0.2, 0) is 6.54 Å². The Morgan fingerprint density at radius 1 is 1.40 bits per heavy atom. The lowest BCUT2D eigenvalue weighted by molar-refractivity contribution is -0.00000335. The highest BCUT2D eigenvalue weighted by molar-refractivity contribution is 9.10. The van der Waals surface area contributed by atoms with Gasteiger partial charge in [-0.25, -0.2) is 0 Å². The first-order chi connectivity index (χ1) is 6.63. The quantitative estimate of drug-likeness (QED) is 0.841. The van der Waals surface area contributed by atoms with E-state index in [1.165, 1.54) is 5.56 Å². The minimum absolute atomic E-state index is 0. The van der Waals surface area contributed by atoms with E-state index in [1.54, 1.807) is 7.11 Å². The fourth-order valence-corrected chi connectivity index (χ4v) is 1.61. The topological polar surface area (TPSA) is 21.3 Å². The minimum atomic E-state index is 0. The molecule has 0 aliphatic heterocycles. The van der Waals surface area contributed by atoms with Crippen molar-refractivity contribution >= 4 is 15.9 Å². The van der Waals surface area contributed by atoms with Crippen molar-refractivity contribution in [2.24, 2.45) is 0 Å². The molecule has 0 saturated carbocycles. The number of hydrogen-bond acceptors (Lipinski definition) is 2. The number of halogens is 2. The maximum absolute atomic E-state index is 5.27. The van der Waals surface area contributed by atoms with E-state index in [-0.39, 0.29) is 12.4 Å². The summed E-state index contributed by atoms with van der Waals surface area (Å²) in [6.07, 6.45) is 0. The Labute approximate surface area is 106 Å². The van der Waals surface area contributed by atoms with Crippen LogP contribution in [0.15, 0.2) is 22.7 Å². The molecule has 0 radical (unpaired) electrons. The third-order valence-electron chi connectivity index (χ3n) is 1.94. The van der Waals surface area contributed by atoms with Crippen LogP contribution in [0.25, 0.3) is 0 Å². The van der Waals surface area contributed by atoms with Gasteiger partial charge >= 0.3 is 0 Å². The normalized spacial score (nSPS) is 9.93. The van der Waals surface area contributed by atoms with Crippen molar-refractivity contribution in [3.63, 3.8) is 0 Å². The SMILES string of the molecule is COc1ccc(Br)cc1CNC(C)C.[Cl-]. The molecule has 0 spiro atoms. The number of hydrogen-bond donors (Lipinski definition) is 1. The Hall–Kier alpha value is -0.250. The maximum atomic E-state index is 5.27. The number of nitrogens with one attached hydrogen (secondary N) is 1. The van der Waals surface area contributed by atoms with Gasteiger partial charge < -0.3 is 22.5 Å². The highest BCUT2D eigenvalue weighted by Crippen LogP contribution is 2.22. The molecule has 15 heavy (non-hydrogen) atoms. The van der Waals surface area contributed by atoms with Crippen molar-refractivity contribution in [1.82, 2.24) is 5.32 Å². The van der Waals surface area contributed by atoms with Gasteiger partial charge in [0.2, 0.25) is 0 Å². The zero-order chi connectivity index (χ0) is 10.6. The Balaban J connectivity index is 0.00000196. The van der Waals surface area contributed by atoms with Crippen LogP contribution in [0.2, 0.25) is 0 Å². The van der Waals surface area contributed by atoms with E-state index >= 15 is 0 Å². The van der Waals surface area contributed by atoms with Gasteiger partial charge in [-0.15, -0.1) is 0 Å². The summed E-state index contributed by atoms with van der Waals surface area (Å²) < 4.78 is 6.35. The summed E-state index contributed by atoms with van der Waals surface area (Å²) in [5.74, 6) is 0.932. The fourth-order valence-electron chi connectivity index (χ4n) is 1.20. The van der Waals surface area contributed by atoms with Crippen LogP contribution >= 0.6 is 15.9 Å². The fraction of sp³-hybridized carbons (Fsp3) is 0.455. The van der Waals surface area contributed by atoms with E-state index < -0.39 is 0 Å². The zero-order valence-corrected chi connectivity index (χ0v) is 11.5. The Bertz CT molecular complexity index is 305. The van der Waals surface area contributed by atoms with Crippen molar-refractivity contribution in [2.45, 2.75) is 26.4 Å². The molecule has 0 amide bonds. The molecule has 0 aliphatic carbocycles. The second-order valence-electron chi connectivity index (χ2n) is 3.49. The molecule has 86 valence electrons. The van der Waals surface area contributed by atoms with E-state index in [1.807, 2.05) is 12.1 Å². The second kappa shape index (κ2) is 7.09. The predicted octanol–water partition coefficient (Wildman–Crippen LogP) is -0.0403. The summed E-state index contributed by atoms with van der Waals surface area (Å²) >= 11 is 3.45. The van der Waals surface area contributed by atoms with Gasteiger partial charge in [-0.3, -0.25) is 0 Å². The van der Waals surface area contributed by atoms with Crippen LogP contribution < -0.4 is 22.5 Å². The van der Waals surface area contributed by atoms with Crippen LogP contribution in [0.3, 0.4) is 0 Å². The maximum Gasteiger partial charge on any atom is 0.123 e. The van der Waals surface area contributed by atoms with Gasteiger partial charge in [-0.05, 0) is 18.2 Å². The summed E-state index contributed by atoms with van der Waals surface area (Å²) in [6, 6.07) is 6.52. The minimum Gasteiger partial charge on any atom is -1.00 e. The molecular weight excluding hydrogens is 277 g/mol. The van der Waals surface area contributed by atoms with Crippen LogP contribution in [-0.4, -0.2) is 13.2 Å². The van der Waals surface area contributed by atoms with Crippen molar-refractivity contribution in [3.05, 3.63) is 28.2 Å². The summed E-state index contributed by atoms with van der Waals surface area (Å²) in [5.41, 5.74) is 1.18. The molecule has 0 fully saturated rings. The van der Waals surface area contributed by atoms with Crippen molar-refractivity contribution in [1.29, 1.82) is 0 Å². The third-order valence-corrected chi connectivity index (χ3v) is 2.44. The zero-order valence-electron chi connectivity index (χ0n) is 9.18. The lowest BCUT2D eigenvalue weighted by Crippen LogP contribution is -3.00. The van der Waals surface area contributed by atoms with E-state index in [0.29, 0.717) is 6.04 Å². The first-order valence-corrected chi connectivity index (χ1v) is 5.48. The third kappa shape index (κ3) is 4.87. The molecule has 4 heteroatoms. The first kappa shape index (κ1) is 14.8. The van der Waals surface area contributed by atoms with Crippen molar-refractivity contribution in [2.75, 3.05) is 7.11 Å². The average molecular weight is 294 g/mol. The second-order valence-corrected chi connectivity index (χ2v) is 4.41. The van der Waals surface area contributed by atoms with Gasteiger partial charge in [0.05, 0.1) is 7.11 Å². The molecule has 0 unspecified atom stereocenters. The molecule has 0 aromatic heterocycles. The molecule has 2 nitrogen and oxygen atoms in total. The molecule has 0 heterocycles. The molecule has 1 N–H and O–H groups in total. The molecular formula is C11H16BrClNO-. The first-order valence-electron chi connectivity index (χ1n) is 4.69. The average Bonchev–Trinajstić information content (AvgIpc) is 2.15. The summed E-state index contributed by atoms with van der Waals surface area (Å²) in [6.45, 7) is 5.09. The number of benzene rings is 1. The number of rotatable bonds is 4. The highest BCUT2D eigenvalue weighted by atomic mass is 79.9. The monoisotopic (exact) mass is 292 g/mol. The van der Waals surface area contributed by atoms with Crippen LogP contribution in [0, 0.1) is 0 Å². The number of ether oxygens (including phenoxy) is 1. The van der Waals surface area contributed by atoms with Crippen LogP contribution in [0.5, 0.6) is 5.75 Å². The number of methoxy groups -OCH3 is 1. The molecule has 0 aliphatic rings. The van der Waals surface area contributed by atoms with E-state index in [2.05, 4.69) is 41.2 Å². The van der Waals surface area contributed by atoms with Gasteiger partial charge in [-0.2, -0.15) is 0 Å². The molecule has 1 rings (SSSR count). The van der Waals surface area contributed by atoms with Gasteiger partial charge in [0, 0.05) is 22.6 Å². The lowest BCUT2D eigenvalue weighted by Gasteiger charge is -2.12. The van der Waals surface area contributed by atoms with Gasteiger partial charge in [0.15, 0.2) is 0 Å². The van der Waals surface area contributed by atoms with Crippen LogP contribution in [0.4, 0.5) is 0 Å². The predicted molar refractivity (Wildman–Crippen MR) is 62.7 cm³/mol. The van der Waals surface area contributed by atoms with E-state index in [0.717, 1.165) is 16.8 Å². The Morgan fingerprint density at radius 2 is 2.07 bits per heavy atom. The van der Waals surface area contributed by atoms with Crippen molar-refractivity contribution < 1.29 is 17.1 Å². The van der Waals surface area contributed by atoms with E-state index in [4.69, 9.17) is 4.74 Å². The smallest absolute Gasteiger partial charge is 0.123 e. The van der Waals surface area contributed by atoms with E-state index in [9.17, 15) is 0 Å². The Kier molecular flexibility index (Phi) is 6.98.